The number of benzene rings is 2. The number of hydrogen-bond acceptors (Lipinski definition) is 4. The second-order valence-corrected chi connectivity index (χ2v) is 5.88. The van der Waals surface area contributed by atoms with Crippen LogP contribution in [0.4, 0.5) is 0 Å². The smallest absolute Gasteiger partial charge is 0.360 e. The molecule has 0 atom stereocenters. The zero-order valence-electron chi connectivity index (χ0n) is 12.4. The number of ether oxygens (including phenoxy) is 1. The Labute approximate surface area is 141 Å². The second-order valence-electron chi connectivity index (χ2n) is 5.13. The van der Waals surface area contributed by atoms with Crippen molar-refractivity contribution in [2.24, 2.45) is 0 Å². The molecule has 0 spiro atoms. The number of rotatable bonds is 3. The summed E-state index contributed by atoms with van der Waals surface area (Å²) in [6.07, 6.45) is 0.780. The SMILES string of the molecule is COC(=O)c1nc(Br)c2cc(Cc3ccccc3)ccc2c1O. The molecule has 0 saturated carbocycles. The van der Waals surface area contributed by atoms with E-state index < -0.39 is 5.97 Å². The van der Waals surface area contributed by atoms with E-state index in [-0.39, 0.29) is 11.4 Å². The Kier molecular flexibility index (Phi) is 4.30. The van der Waals surface area contributed by atoms with Crippen LogP contribution < -0.4 is 0 Å². The van der Waals surface area contributed by atoms with Gasteiger partial charge in [-0.25, -0.2) is 9.78 Å². The molecule has 0 saturated heterocycles. The molecule has 3 aromatic rings. The minimum absolute atomic E-state index is 0.0947. The standard InChI is InChI=1S/C18H14BrNO3/c1-23-18(22)15-16(21)13-8-7-12(10-14(13)17(19)20-15)9-11-5-3-2-4-6-11/h2-8,10,21H,9H2,1H3. The zero-order valence-corrected chi connectivity index (χ0v) is 14.0. The lowest BCUT2D eigenvalue weighted by molar-refractivity contribution is 0.0590. The van der Waals surface area contributed by atoms with Crippen molar-refractivity contribution in [1.82, 2.24) is 4.98 Å². The number of methoxy groups -OCH3 is 1. The highest BCUT2D eigenvalue weighted by atomic mass is 79.9. The van der Waals surface area contributed by atoms with Gasteiger partial charge in [0.15, 0.2) is 11.4 Å². The van der Waals surface area contributed by atoms with Gasteiger partial charge in [0.25, 0.3) is 0 Å². The van der Waals surface area contributed by atoms with Crippen molar-refractivity contribution >= 4 is 32.7 Å². The van der Waals surface area contributed by atoms with Crippen molar-refractivity contribution < 1.29 is 14.6 Å². The number of fused-ring (bicyclic) bond motifs is 1. The average molecular weight is 372 g/mol. The molecule has 0 aliphatic rings. The van der Waals surface area contributed by atoms with E-state index in [4.69, 9.17) is 0 Å². The van der Waals surface area contributed by atoms with Gasteiger partial charge in [0.05, 0.1) is 7.11 Å². The highest BCUT2D eigenvalue weighted by Crippen LogP contribution is 2.33. The van der Waals surface area contributed by atoms with Crippen LogP contribution in [0.15, 0.2) is 53.1 Å². The first kappa shape index (κ1) is 15.5. The van der Waals surface area contributed by atoms with Gasteiger partial charge in [0, 0.05) is 10.8 Å². The highest BCUT2D eigenvalue weighted by Gasteiger charge is 2.19. The van der Waals surface area contributed by atoms with Gasteiger partial charge in [0.2, 0.25) is 0 Å². The minimum atomic E-state index is -0.668. The number of pyridine rings is 1. The fourth-order valence-electron chi connectivity index (χ4n) is 2.49. The van der Waals surface area contributed by atoms with Gasteiger partial charge in [-0.05, 0) is 39.5 Å². The predicted octanol–water partition coefficient (Wildman–Crippen LogP) is 4.08. The first-order chi connectivity index (χ1) is 11.1. The lowest BCUT2D eigenvalue weighted by Crippen LogP contribution is -2.05. The summed E-state index contributed by atoms with van der Waals surface area (Å²) in [5.74, 6) is -0.834. The van der Waals surface area contributed by atoms with Crippen LogP contribution in [-0.2, 0) is 11.2 Å². The second kappa shape index (κ2) is 6.38. The Balaban J connectivity index is 2.07. The first-order valence-corrected chi connectivity index (χ1v) is 7.83. The molecule has 1 aromatic heterocycles. The Morgan fingerprint density at radius 2 is 1.87 bits per heavy atom. The maximum Gasteiger partial charge on any atom is 0.360 e. The van der Waals surface area contributed by atoms with Crippen LogP contribution in [0.5, 0.6) is 5.75 Å². The summed E-state index contributed by atoms with van der Waals surface area (Å²) in [4.78, 5) is 15.8. The minimum Gasteiger partial charge on any atom is -0.505 e. The fourth-order valence-corrected chi connectivity index (χ4v) is 2.99. The van der Waals surface area contributed by atoms with Crippen molar-refractivity contribution in [3.63, 3.8) is 0 Å². The fraction of sp³-hybridized carbons (Fsp3) is 0.111. The third-order valence-corrected chi connectivity index (χ3v) is 4.23. The molecular weight excluding hydrogens is 358 g/mol. The molecule has 0 aliphatic heterocycles. The molecule has 3 rings (SSSR count). The molecule has 0 unspecified atom stereocenters. The molecule has 0 fully saturated rings. The van der Waals surface area contributed by atoms with E-state index in [9.17, 15) is 9.90 Å². The molecule has 1 heterocycles. The van der Waals surface area contributed by atoms with Gasteiger partial charge >= 0.3 is 5.97 Å². The van der Waals surface area contributed by atoms with Gasteiger partial charge in [-0.15, -0.1) is 0 Å². The molecule has 0 amide bonds. The number of hydrogen-bond donors (Lipinski definition) is 1. The van der Waals surface area contributed by atoms with Crippen LogP contribution in [0.3, 0.4) is 0 Å². The Morgan fingerprint density at radius 3 is 2.57 bits per heavy atom. The number of aromatic hydroxyl groups is 1. The largest absolute Gasteiger partial charge is 0.505 e. The zero-order chi connectivity index (χ0) is 16.4. The van der Waals surface area contributed by atoms with E-state index in [1.54, 1.807) is 6.07 Å². The number of nitrogens with zero attached hydrogens (tertiary/aromatic N) is 1. The van der Waals surface area contributed by atoms with E-state index >= 15 is 0 Å². The average Bonchev–Trinajstić information content (AvgIpc) is 2.58. The van der Waals surface area contributed by atoms with Crippen LogP contribution in [0.1, 0.15) is 21.6 Å². The van der Waals surface area contributed by atoms with Gasteiger partial charge in [-0.1, -0.05) is 42.5 Å². The summed E-state index contributed by atoms with van der Waals surface area (Å²) in [6, 6.07) is 15.8. The number of esters is 1. The predicted molar refractivity (Wildman–Crippen MR) is 91.7 cm³/mol. The maximum atomic E-state index is 11.7. The normalized spacial score (nSPS) is 10.7. The van der Waals surface area contributed by atoms with Crippen LogP contribution in [-0.4, -0.2) is 23.2 Å². The Morgan fingerprint density at radius 1 is 1.13 bits per heavy atom. The molecule has 0 bridgehead atoms. The first-order valence-electron chi connectivity index (χ1n) is 7.03. The van der Waals surface area contributed by atoms with E-state index in [0.29, 0.717) is 9.99 Å². The van der Waals surface area contributed by atoms with Crippen molar-refractivity contribution in [2.45, 2.75) is 6.42 Å². The lowest BCUT2D eigenvalue weighted by atomic mass is 10.0. The third-order valence-electron chi connectivity index (χ3n) is 3.63. The summed E-state index contributed by atoms with van der Waals surface area (Å²) in [6.45, 7) is 0. The molecule has 4 nitrogen and oxygen atoms in total. The molecule has 5 heteroatoms. The quantitative estimate of drug-likeness (QED) is 0.556. The van der Waals surface area contributed by atoms with E-state index in [1.165, 1.54) is 12.7 Å². The summed E-state index contributed by atoms with van der Waals surface area (Å²) >= 11 is 3.37. The number of carbonyl (C=O) groups excluding carboxylic acids is 1. The summed E-state index contributed by atoms with van der Waals surface area (Å²) in [7, 11) is 1.25. The van der Waals surface area contributed by atoms with Crippen molar-refractivity contribution in [1.29, 1.82) is 0 Å². The maximum absolute atomic E-state index is 11.7. The van der Waals surface area contributed by atoms with Crippen LogP contribution in [0.2, 0.25) is 0 Å². The number of carbonyl (C=O) groups is 1. The van der Waals surface area contributed by atoms with Crippen LogP contribution >= 0.6 is 15.9 Å². The molecule has 0 aliphatic carbocycles. The highest BCUT2D eigenvalue weighted by molar-refractivity contribution is 9.10. The van der Waals surface area contributed by atoms with Crippen molar-refractivity contribution in [2.75, 3.05) is 7.11 Å². The summed E-state index contributed by atoms with van der Waals surface area (Å²) < 4.78 is 5.14. The van der Waals surface area contributed by atoms with Crippen LogP contribution in [0, 0.1) is 0 Å². The molecule has 116 valence electrons. The molecular formula is C18H14BrNO3. The monoisotopic (exact) mass is 371 g/mol. The molecule has 23 heavy (non-hydrogen) atoms. The summed E-state index contributed by atoms with van der Waals surface area (Å²) in [5.41, 5.74) is 2.20. The number of aromatic nitrogens is 1. The topological polar surface area (TPSA) is 59.4 Å². The van der Waals surface area contributed by atoms with E-state index in [2.05, 4.69) is 37.8 Å². The molecule has 2 aromatic carbocycles. The Hall–Kier alpha value is -2.40. The number of halogens is 1. The van der Waals surface area contributed by atoms with Gasteiger partial charge < -0.3 is 9.84 Å². The van der Waals surface area contributed by atoms with E-state index in [1.807, 2.05) is 30.3 Å². The van der Waals surface area contributed by atoms with Crippen LogP contribution in [0.25, 0.3) is 10.8 Å². The molecule has 1 N–H and O–H groups in total. The molecule has 0 radical (unpaired) electrons. The summed E-state index contributed by atoms with van der Waals surface area (Å²) in [5, 5.41) is 11.6. The lowest BCUT2D eigenvalue weighted by Gasteiger charge is -2.10. The Bertz CT molecular complexity index is 878. The van der Waals surface area contributed by atoms with Gasteiger partial charge in [-0.3, -0.25) is 0 Å². The third kappa shape index (κ3) is 3.05. The van der Waals surface area contributed by atoms with Crippen molar-refractivity contribution in [3.8, 4) is 5.75 Å². The van der Waals surface area contributed by atoms with Gasteiger partial charge in [-0.2, -0.15) is 0 Å². The van der Waals surface area contributed by atoms with Crippen molar-refractivity contribution in [3.05, 3.63) is 70.0 Å². The van der Waals surface area contributed by atoms with Gasteiger partial charge in [0.1, 0.15) is 4.60 Å². The van der Waals surface area contributed by atoms with E-state index in [0.717, 1.165) is 17.4 Å².